The monoisotopic (exact) mass is 295 g/mol. The summed E-state index contributed by atoms with van der Waals surface area (Å²) in [5, 5.41) is 3.61. The van der Waals surface area contributed by atoms with Crippen LogP contribution in [0.2, 0.25) is 16.6 Å². The van der Waals surface area contributed by atoms with Gasteiger partial charge in [-0.05, 0) is 35.5 Å². The molecule has 0 aromatic carbocycles. The second kappa shape index (κ2) is 8.90. The van der Waals surface area contributed by atoms with Gasteiger partial charge < -0.3 is 5.32 Å². The summed E-state index contributed by atoms with van der Waals surface area (Å²) in [7, 11) is -1.58. The van der Waals surface area contributed by atoms with Crippen molar-refractivity contribution in [3.8, 4) is 11.5 Å². The highest BCUT2D eigenvalue weighted by molar-refractivity contribution is 6.90. The van der Waals surface area contributed by atoms with E-state index in [-0.39, 0.29) is 0 Å². The normalized spacial score (nSPS) is 14.1. The maximum Gasteiger partial charge on any atom is 0.146 e. The first-order valence-electron chi connectivity index (χ1n) is 8.46. The molecule has 0 fully saturated rings. The molecule has 20 heavy (non-hydrogen) atoms. The molecule has 0 unspecified atom stereocenters. The second-order valence-corrected chi connectivity index (χ2v) is 12.9. The summed E-state index contributed by atoms with van der Waals surface area (Å²) in [6.45, 7) is 22.1. The Hall–Kier alpha value is -0.263. The van der Waals surface area contributed by atoms with Crippen LogP contribution >= 0.6 is 0 Å². The molecule has 1 nitrogen and oxygen atoms in total. The number of rotatable bonds is 7. The molecule has 1 N–H and O–H groups in total. The Morgan fingerprint density at radius 1 is 0.850 bits per heavy atom. The van der Waals surface area contributed by atoms with Gasteiger partial charge in [-0.1, -0.05) is 68.2 Å². The molecule has 0 rings (SSSR count). The zero-order chi connectivity index (χ0) is 15.9. The molecule has 0 aliphatic rings. The van der Waals surface area contributed by atoms with Crippen LogP contribution in [-0.4, -0.2) is 20.7 Å². The summed E-state index contributed by atoms with van der Waals surface area (Å²) < 4.78 is 0. The molecule has 0 aliphatic heterocycles. The minimum atomic E-state index is -1.58. The average Bonchev–Trinajstić information content (AvgIpc) is 2.31. The molecule has 0 aromatic rings. The maximum atomic E-state index is 3.85. The number of hydrogen-bond acceptors (Lipinski definition) is 1. The van der Waals surface area contributed by atoms with Crippen molar-refractivity contribution in [3.05, 3.63) is 0 Å². The van der Waals surface area contributed by atoms with E-state index >= 15 is 0 Å². The summed E-state index contributed by atoms with van der Waals surface area (Å²) in [6.07, 6.45) is 1.17. The molecule has 118 valence electrons. The van der Waals surface area contributed by atoms with Gasteiger partial charge in [0.1, 0.15) is 8.07 Å². The lowest BCUT2D eigenvalue weighted by molar-refractivity contribution is 0.476. The Balaban J connectivity index is 5.39. The van der Waals surface area contributed by atoms with Crippen molar-refractivity contribution in [3.63, 3.8) is 0 Å². The quantitative estimate of drug-likeness (QED) is 0.501. The molecule has 0 spiro atoms. The smallest absolute Gasteiger partial charge is 0.146 e. The van der Waals surface area contributed by atoms with E-state index in [0.29, 0.717) is 28.6 Å². The lowest BCUT2D eigenvalue weighted by atomic mass is 10.1. The van der Waals surface area contributed by atoms with E-state index in [1.807, 2.05) is 0 Å². The molecule has 2 heteroatoms. The van der Waals surface area contributed by atoms with Crippen molar-refractivity contribution in [1.82, 2.24) is 5.32 Å². The molecule has 0 saturated carbocycles. The van der Waals surface area contributed by atoms with Crippen LogP contribution in [0.15, 0.2) is 0 Å². The van der Waals surface area contributed by atoms with Gasteiger partial charge in [0.05, 0.1) is 6.04 Å². The van der Waals surface area contributed by atoms with Crippen LogP contribution in [0.25, 0.3) is 0 Å². The third-order valence-corrected chi connectivity index (χ3v) is 10.9. The minimum Gasteiger partial charge on any atom is -0.304 e. The van der Waals surface area contributed by atoms with Gasteiger partial charge in [-0.3, -0.25) is 0 Å². The fourth-order valence-corrected chi connectivity index (χ4v) is 8.66. The van der Waals surface area contributed by atoms with Gasteiger partial charge in [-0.15, -0.1) is 5.54 Å². The Labute approximate surface area is 129 Å². The Morgan fingerprint density at radius 3 is 1.60 bits per heavy atom. The van der Waals surface area contributed by atoms with Gasteiger partial charge in [0.15, 0.2) is 0 Å². The number of nitrogens with one attached hydrogen (secondary N) is 1. The Bertz CT molecular complexity index is 298. The van der Waals surface area contributed by atoms with Gasteiger partial charge in [0.25, 0.3) is 0 Å². The highest BCUT2D eigenvalue weighted by Crippen LogP contribution is 2.40. The standard InChI is InChI=1S/C18H37NSi/c1-10-12-19-18(14(2)3)11-13-20(15(4)5,16(6)7)17(8)9/h14-19H,10,12H2,1-9H3/t18-/m1/s1. The van der Waals surface area contributed by atoms with Gasteiger partial charge >= 0.3 is 0 Å². The van der Waals surface area contributed by atoms with Gasteiger partial charge in [-0.2, -0.15) is 0 Å². The van der Waals surface area contributed by atoms with Crippen LogP contribution < -0.4 is 5.32 Å². The fraction of sp³-hybridized carbons (Fsp3) is 0.889. The maximum absolute atomic E-state index is 3.85. The van der Waals surface area contributed by atoms with Crippen LogP contribution in [0.5, 0.6) is 0 Å². The van der Waals surface area contributed by atoms with E-state index in [4.69, 9.17) is 0 Å². The molecule has 0 heterocycles. The first kappa shape index (κ1) is 19.7. The zero-order valence-corrected chi connectivity index (χ0v) is 16.3. The van der Waals surface area contributed by atoms with E-state index in [1.165, 1.54) is 6.42 Å². The van der Waals surface area contributed by atoms with Gasteiger partial charge in [0, 0.05) is 0 Å². The molecule has 0 bridgehead atoms. The molecule has 0 aliphatic carbocycles. The average molecular weight is 296 g/mol. The van der Waals surface area contributed by atoms with Crippen LogP contribution in [0.1, 0.15) is 68.7 Å². The van der Waals surface area contributed by atoms with Crippen molar-refractivity contribution in [2.24, 2.45) is 5.92 Å². The van der Waals surface area contributed by atoms with Crippen molar-refractivity contribution in [2.45, 2.75) is 91.4 Å². The zero-order valence-electron chi connectivity index (χ0n) is 15.3. The van der Waals surface area contributed by atoms with Crippen molar-refractivity contribution in [2.75, 3.05) is 6.54 Å². The van der Waals surface area contributed by atoms with E-state index in [0.717, 1.165) is 6.54 Å². The van der Waals surface area contributed by atoms with Crippen LogP contribution in [0.3, 0.4) is 0 Å². The van der Waals surface area contributed by atoms with Crippen LogP contribution in [0.4, 0.5) is 0 Å². The molecule has 1 atom stereocenters. The second-order valence-electron chi connectivity index (χ2n) is 7.34. The lowest BCUT2D eigenvalue weighted by Crippen LogP contribution is -2.44. The highest BCUT2D eigenvalue weighted by atomic mass is 28.3. The molecular formula is C18H37NSi. The Kier molecular flexibility index (Phi) is 8.78. The lowest BCUT2D eigenvalue weighted by Gasteiger charge is -2.38. The van der Waals surface area contributed by atoms with Crippen molar-refractivity contribution < 1.29 is 0 Å². The van der Waals surface area contributed by atoms with Crippen molar-refractivity contribution >= 4 is 8.07 Å². The summed E-state index contributed by atoms with van der Waals surface area (Å²) >= 11 is 0. The third-order valence-electron chi connectivity index (χ3n) is 4.59. The molecule has 0 radical (unpaired) electrons. The van der Waals surface area contributed by atoms with Gasteiger partial charge in [0.2, 0.25) is 0 Å². The summed E-state index contributed by atoms with van der Waals surface area (Å²) in [5.41, 5.74) is 6.00. The van der Waals surface area contributed by atoms with E-state index in [9.17, 15) is 0 Å². The summed E-state index contributed by atoms with van der Waals surface area (Å²) in [5.74, 6) is 4.22. The molecule has 0 aromatic heterocycles. The predicted octanol–water partition coefficient (Wildman–Crippen LogP) is 5.23. The van der Waals surface area contributed by atoms with Gasteiger partial charge in [-0.25, -0.2) is 0 Å². The SMILES string of the molecule is CCCN[C@H](C#C[Si](C(C)C)(C(C)C)C(C)C)C(C)C. The van der Waals surface area contributed by atoms with E-state index < -0.39 is 8.07 Å². The molecule has 0 amide bonds. The summed E-state index contributed by atoms with van der Waals surface area (Å²) in [4.78, 5) is 0. The van der Waals surface area contributed by atoms with E-state index in [2.05, 4.69) is 79.1 Å². The van der Waals surface area contributed by atoms with Crippen LogP contribution in [0, 0.1) is 17.4 Å². The minimum absolute atomic E-state index is 0.345. The fourth-order valence-electron chi connectivity index (χ4n) is 3.39. The highest BCUT2D eigenvalue weighted by Gasteiger charge is 2.41. The first-order chi connectivity index (χ1) is 9.20. The molecular weight excluding hydrogens is 258 g/mol. The number of hydrogen-bond donors (Lipinski definition) is 1. The van der Waals surface area contributed by atoms with Crippen molar-refractivity contribution in [1.29, 1.82) is 0 Å². The first-order valence-corrected chi connectivity index (χ1v) is 10.7. The largest absolute Gasteiger partial charge is 0.304 e. The molecule has 0 saturated heterocycles. The topological polar surface area (TPSA) is 12.0 Å². The summed E-state index contributed by atoms with van der Waals surface area (Å²) in [6, 6.07) is 0.345. The van der Waals surface area contributed by atoms with Crippen LogP contribution in [-0.2, 0) is 0 Å². The third kappa shape index (κ3) is 4.93. The Morgan fingerprint density at radius 2 is 1.30 bits per heavy atom. The van der Waals surface area contributed by atoms with E-state index in [1.54, 1.807) is 0 Å². The predicted molar refractivity (Wildman–Crippen MR) is 95.7 cm³/mol.